The summed E-state index contributed by atoms with van der Waals surface area (Å²) in [6.45, 7) is 0. The normalized spacial score (nSPS) is 11.6. The fourth-order valence-corrected chi connectivity index (χ4v) is 3.34. The zero-order chi connectivity index (χ0) is 15.7. The highest BCUT2D eigenvalue weighted by atomic mass is 79.9. The molecule has 0 aliphatic carbocycles. The molecule has 0 saturated heterocycles. The first-order valence-corrected chi connectivity index (χ1v) is 7.92. The number of nitrogens with one attached hydrogen (secondary N) is 1. The number of halogens is 2. The SMILES string of the molecule is N#C/C(=C\c1nc2ccccc2[nH]1)c1cc(Br)cc(Br)c1O. The van der Waals surface area contributed by atoms with Crippen LogP contribution in [0.1, 0.15) is 11.4 Å². The van der Waals surface area contributed by atoms with Gasteiger partial charge in [-0.3, -0.25) is 0 Å². The highest BCUT2D eigenvalue weighted by Crippen LogP contribution is 2.36. The molecule has 0 atom stereocenters. The number of benzene rings is 2. The van der Waals surface area contributed by atoms with Crippen LogP contribution in [0.3, 0.4) is 0 Å². The third kappa shape index (κ3) is 2.78. The number of phenolic OH excluding ortho intramolecular Hbond substituents is 1. The van der Waals surface area contributed by atoms with E-state index in [0.29, 0.717) is 21.4 Å². The second-order valence-electron chi connectivity index (χ2n) is 4.59. The smallest absolute Gasteiger partial charge is 0.138 e. The quantitative estimate of drug-likeness (QED) is 0.583. The molecule has 4 nitrogen and oxygen atoms in total. The molecule has 0 spiro atoms. The second kappa shape index (κ2) is 5.95. The van der Waals surface area contributed by atoms with Crippen LogP contribution in [0.5, 0.6) is 5.75 Å². The topological polar surface area (TPSA) is 72.7 Å². The molecule has 108 valence electrons. The number of aromatic nitrogens is 2. The standard InChI is InChI=1S/C16H9Br2N3O/c17-10-6-11(16(22)12(18)7-10)9(8-19)5-15-20-13-3-1-2-4-14(13)21-15/h1-7,22H,(H,20,21)/b9-5+. The van der Waals surface area contributed by atoms with Crippen molar-refractivity contribution in [2.24, 2.45) is 0 Å². The number of fused-ring (bicyclic) bond motifs is 1. The van der Waals surface area contributed by atoms with Crippen molar-refractivity contribution in [3.05, 3.63) is 56.7 Å². The van der Waals surface area contributed by atoms with Crippen LogP contribution >= 0.6 is 31.9 Å². The number of allylic oxidation sites excluding steroid dienone is 1. The summed E-state index contributed by atoms with van der Waals surface area (Å²) in [6.07, 6.45) is 1.62. The average molecular weight is 419 g/mol. The first-order chi connectivity index (χ1) is 10.6. The summed E-state index contributed by atoms with van der Waals surface area (Å²) < 4.78 is 1.28. The first-order valence-electron chi connectivity index (χ1n) is 6.33. The Morgan fingerprint density at radius 1 is 1.27 bits per heavy atom. The predicted molar refractivity (Wildman–Crippen MR) is 93.1 cm³/mol. The average Bonchev–Trinajstić information content (AvgIpc) is 2.91. The van der Waals surface area contributed by atoms with Gasteiger partial charge in [-0.25, -0.2) is 4.98 Å². The van der Waals surface area contributed by atoms with Gasteiger partial charge in [0, 0.05) is 10.0 Å². The van der Waals surface area contributed by atoms with E-state index in [1.807, 2.05) is 24.3 Å². The molecule has 0 fully saturated rings. The lowest BCUT2D eigenvalue weighted by Gasteiger charge is -2.06. The largest absolute Gasteiger partial charge is 0.506 e. The minimum Gasteiger partial charge on any atom is -0.506 e. The number of hydrogen-bond donors (Lipinski definition) is 2. The Labute approximate surface area is 143 Å². The Hall–Kier alpha value is -2.10. The fourth-order valence-electron chi connectivity index (χ4n) is 2.12. The number of phenols is 1. The van der Waals surface area contributed by atoms with E-state index in [4.69, 9.17) is 0 Å². The molecule has 3 aromatic rings. The number of aromatic amines is 1. The molecule has 0 amide bonds. The molecule has 0 aliphatic heterocycles. The number of nitriles is 1. The maximum Gasteiger partial charge on any atom is 0.138 e. The summed E-state index contributed by atoms with van der Waals surface area (Å²) in [7, 11) is 0. The van der Waals surface area contributed by atoms with Crippen molar-refractivity contribution in [1.82, 2.24) is 9.97 Å². The number of rotatable bonds is 2. The Morgan fingerprint density at radius 2 is 2.05 bits per heavy atom. The van der Waals surface area contributed by atoms with E-state index in [2.05, 4.69) is 47.9 Å². The number of para-hydroxylation sites is 2. The van der Waals surface area contributed by atoms with E-state index >= 15 is 0 Å². The van der Waals surface area contributed by atoms with Crippen molar-refractivity contribution in [1.29, 1.82) is 5.26 Å². The Morgan fingerprint density at radius 3 is 2.77 bits per heavy atom. The lowest BCUT2D eigenvalue weighted by atomic mass is 10.1. The Balaban J connectivity index is 2.13. The second-order valence-corrected chi connectivity index (χ2v) is 6.36. The third-order valence-electron chi connectivity index (χ3n) is 3.13. The molecule has 6 heteroatoms. The van der Waals surface area contributed by atoms with Gasteiger partial charge in [-0.15, -0.1) is 0 Å². The molecular formula is C16H9Br2N3O. The number of aromatic hydroxyl groups is 1. The molecule has 2 N–H and O–H groups in total. The van der Waals surface area contributed by atoms with Crippen LogP contribution in [0.2, 0.25) is 0 Å². The van der Waals surface area contributed by atoms with Crippen LogP contribution < -0.4 is 0 Å². The van der Waals surface area contributed by atoms with E-state index in [1.165, 1.54) is 0 Å². The molecular weight excluding hydrogens is 410 g/mol. The summed E-state index contributed by atoms with van der Waals surface area (Å²) in [5.41, 5.74) is 2.47. The van der Waals surface area contributed by atoms with Gasteiger partial charge in [-0.2, -0.15) is 5.26 Å². The molecule has 0 bridgehead atoms. The Kier molecular flexibility index (Phi) is 4.01. The van der Waals surface area contributed by atoms with Crippen molar-refractivity contribution in [3.8, 4) is 11.8 Å². The van der Waals surface area contributed by atoms with Crippen LogP contribution in [0.15, 0.2) is 45.3 Å². The van der Waals surface area contributed by atoms with Crippen LogP contribution in [0, 0.1) is 11.3 Å². The summed E-state index contributed by atoms with van der Waals surface area (Å²) in [5.74, 6) is 0.584. The van der Waals surface area contributed by atoms with E-state index < -0.39 is 0 Å². The maximum atomic E-state index is 10.2. The highest BCUT2D eigenvalue weighted by molar-refractivity contribution is 9.11. The number of hydrogen-bond acceptors (Lipinski definition) is 3. The van der Waals surface area contributed by atoms with Gasteiger partial charge < -0.3 is 10.1 Å². The van der Waals surface area contributed by atoms with Gasteiger partial charge in [0.2, 0.25) is 0 Å². The molecule has 0 unspecified atom stereocenters. The van der Waals surface area contributed by atoms with Gasteiger partial charge in [0.1, 0.15) is 17.6 Å². The lowest BCUT2D eigenvalue weighted by molar-refractivity contribution is 0.470. The maximum absolute atomic E-state index is 10.2. The molecule has 1 heterocycles. The molecule has 3 rings (SSSR count). The molecule has 2 aromatic carbocycles. The third-order valence-corrected chi connectivity index (χ3v) is 4.19. The Bertz CT molecular complexity index is 905. The zero-order valence-electron chi connectivity index (χ0n) is 11.1. The van der Waals surface area contributed by atoms with Crippen molar-refractivity contribution < 1.29 is 5.11 Å². The number of nitrogens with zero attached hydrogens (tertiary/aromatic N) is 2. The van der Waals surface area contributed by atoms with Crippen LogP contribution in [-0.2, 0) is 0 Å². The van der Waals surface area contributed by atoms with Gasteiger partial charge in [0.25, 0.3) is 0 Å². The van der Waals surface area contributed by atoms with E-state index in [-0.39, 0.29) is 5.75 Å². The molecule has 22 heavy (non-hydrogen) atoms. The van der Waals surface area contributed by atoms with Gasteiger partial charge in [0.15, 0.2) is 0 Å². The summed E-state index contributed by atoms with van der Waals surface area (Å²) in [5, 5.41) is 19.6. The first kappa shape index (κ1) is 14.8. The lowest BCUT2D eigenvalue weighted by Crippen LogP contribution is -1.86. The van der Waals surface area contributed by atoms with Crippen LogP contribution in [-0.4, -0.2) is 15.1 Å². The van der Waals surface area contributed by atoms with Gasteiger partial charge in [-0.1, -0.05) is 28.1 Å². The van der Waals surface area contributed by atoms with Crippen molar-refractivity contribution >= 4 is 54.5 Å². The molecule has 0 saturated carbocycles. The summed E-state index contributed by atoms with van der Waals surface area (Å²) >= 11 is 6.62. The predicted octanol–water partition coefficient (Wildman–Crippen LogP) is 4.86. The number of imidazole rings is 1. The minimum absolute atomic E-state index is 0.0205. The highest BCUT2D eigenvalue weighted by Gasteiger charge is 2.12. The molecule has 1 aromatic heterocycles. The van der Waals surface area contributed by atoms with Crippen LogP contribution in [0.25, 0.3) is 22.7 Å². The summed E-state index contributed by atoms with van der Waals surface area (Å²) in [6, 6.07) is 13.1. The zero-order valence-corrected chi connectivity index (χ0v) is 14.3. The molecule has 0 radical (unpaired) electrons. The van der Waals surface area contributed by atoms with E-state index in [1.54, 1.807) is 18.2 Å². The molecule has 0 aliphatic rings. The van der Waals surface area contributed by atoms with Crippen molar-refractivity contribution in [3.63, 3.8) is 0 Å². The fraction of sp³-hybridized carbons (Fsp3) is 0. The van der Waals surface area contributed by atoms with Crippen LogP contribution in [0.4, 0.5) is 0 Å². The van der Waals surface area contributed by atoms with Crippen molar-refractivity contribution in [2.45, 2.75) is 0 Å². The van der Waals surface area contributed by atoms with E-state index in [0.717, 1.165) is 15.5 Å². The number of H-pyrrole nitrogens is 1. The van der Waals surface area contributed by atoms with E-state index in [9.17, 15) is 10.4 Å². The van der Waals surface area contributed by atoms with Gasteiger partial charge in [-0.05, 0) is 46.3 Å². The van der Waals surface area contributed by atoms with Crippen molar-refractivity contribution in [2.75, 3.05) is 0 Å². The summed E-state index contributed by atoms with van der Waals surface area (Å²) in [4.78, 5) is 7.55. The monoisotopic (exact) mass is 417 g/mol. The minimum atomic E-state index is 0.0205. The van der Waals surface area contributed by atoms with Gasteiger partial charge in [0.05, 0.1) is 21.1 Å². The van der Waals surface area contributed by atoms with Gasteiger partial charge >= 0.3 is 0 Å².